The highest BCUT2D eigenvalue weighted by molar-refractivity contribution is 14.1. The Hall–Kier alpha value is -2.79. The molecule has 268 valence electrons. The van der Waals surface area contributed by atoms with Crippen molar-refractivity contribution in [2.45, 2.75) is 91.3 Å². The van der Waals surface area contributed by atoms with E-state index in [-0.39, 0.29) is 11.3 Å². The summed E-state index contributed by atoms with van der Waals surface area (Å²) < 4.78 is 31.7. The van der Waals surface area contributed by atoms with Crippen LogP contribution in [0.25, 0.3) is 28.4 Å². The van der Waals surface area contributed by atoms with E-state index in [0.717, 1.165) is 74.6 Å². The lowest BCUT2D eigenvalue weighted by Crippen LogP contribution is -2.41. The van der Waals surface area contributed by atoms with Crippen LogP contribution in [0.1, 0.15) is 70.3 Å². The molecule has 5 rings (SSSR count). The molecule has 0 bridgehead atoms. The van der Waals surface area contributed by atoms with Gasteiger partial charge in [0.05, 0.1) is 52.1 Å². The highest BCUT2D eigenvalue weighted by Gasteiger charge is 2.37. The van der Waals surface area contributed by atoms with E-state index in [1.807, 2.05) is 41.1 Å². The van der Waals surface area contributed by atoms with Gasteiger partial charge in [0.1, 0.15) is 18.0 Å². The van der Waals surface area contributed by atoms with E-state index < -0.39 is 8.32 Å². The van der Waals surface area contributed by atoms with E-state index in [1.54, 1.807) is 6.08 Å². The van der Waals surface area contributed by atoms with Gasteiger partial charge in [-0.1, -0.05) is 27.4 Å². The van der Waals surface area contributed by atoms with E-state index in [1.165, 1.54) is 0 Å². The maximum absolute atomic E-state index is 6.48. The highest BCUT2D eigenvalue weighted by atomic mass is 127. The molecule has 1 aliphatic rings. The van der Waals surface area contributed by atoms with Gasteiger partial charge < -0.3 is 18.6 Å². The van der Waals surface area contributed by atoms with Crippen molar-refractivity contribution < 1.29 is 18.6 Å². The maximum atomic E-state index is 6.48. The molecule has 49 heavy (non-hydrogen) atoms. The van der Waals surface area contributed by atoms with Crippen LogP contribution in [0.2, 0.25) is 18.1 Å². The van der Waals surface area contributed by atoms with Crippen LogP contribution in [-0.4, -0.2) is 87.6 Å². The molecule has 0 aliphatic carbocycles. The van der Waals surface area contributed by atoms with Crippen molar-refractivity contribution in [3.63, 3.8) is 0 Å². The largest absolute Gasteiger partial charge is 0.488 e. The summed E-state index contributed by atoms with van der Waals surface area (Å²) in [6, 6.07) is 2.06. The van der Waals surface area contributed by atoms with E-state index in [9.17, 15) is 0 Å². The van der Waals surface area contributed by atoms with Gasteiger partial charge >= 0.3 is 0 Å². The number of rotatable bonds is 15. The van der Waals surface area contributed by atoms with Gasteiger partial charge in [-0.05, 0) is 93.0 Å². The van der Waals surface area contributed by atoms with E-state index in [0.29, 0.717) is 45.3 Å². The maximum Gasteiger partial charge on any atom is 0.246 e. The molecule has 4 aromatic rings. The van der Waals surface area contributed by atoms with Crippen LogP contribution in [0.3, 0.4) is 0 Å². The molecule has 1 unspecified atom stereocenters. The number of ether oxygens (including phenoxy) is 3. The Kier molecular flexibility index (Phi) is 11.9. The lowest BCUT2D eigenvalue weighted by Gasteiger charge is -2.36. The van der Waals surface area contributed by atoms with Crippen molar-refractivity contribution >= 4 is 47.9 Å². The first-order chi connectivity index (χ1) is 23.3. The summed E-state index contributed by atoms with van der Waals surface area (Å²) in [5.74, 6) is 1.40. The van der Waals surface area contributed by atoms with Gasteiger partial charge in [0, 0.05) is 32.1 Å². The zero-order valence-corrected chi connectivity index (χ0v) is 33.8. The van der Waals surface area contributed by atoms with Gasteiger partial charge in [0.2, 0.25) is 5.88 Å². The number of nitrogens with zero attached hydrogens (tertiary/aromatic N) is 8. The molecule has 1 atom stereocenters. The minimum Gasteiger partial charge on any atom is -0.488 e. The van der Waals surface area contributed by atoms with E-state index >= 15 is 0 Å². The van der Waals surface area contributed by atoms with Crippen LogP contribution >= 0.6 is 22.6 Å². The van der Waals surface area contributed by atoms with Crippen molar-refractivity contribution in [3.8, 4) is 23.0 Å². The Balaban J connectivity index is 1.29. The first kappa shape index (κ1) is 37.5. The lowest BCUT2D eigenvalue weighted by molar-refractivity contribution is -0.0367. The van der Waals surface area contributed by atoms with Crippen molar-refractivity contribution in [2.24, 2.45) is 7.05 Å². The number of halogens is 1. The third kappa shape index (κ3) is 8.24. The molecule has 1 aliphatic heterocycles. The molecular weight excluding hydrogens is 751 g/mol. The fourth-order valence-corrected chi connectivity index (χ4v) is 7.57. The number of hydrogen-bond acceptors (Lipinski definition) is 9. The number of aryl methyl sites for hydroxylation is 2. The third-order valence-corrected chi connectivity index (χ3v) is 15.2. The van der Waals surface area contributed by atoms with Crippen molar-refractivity contribution in [3.05, 3.63) is 39.5 Å². The van der Waals surface area contributed by atoms with Crippen molar-refractivity contribution in [1.29, 1.82) is 0 Å². The normalized spacial score (nSPS) is 15.8. The molecule has 1 saturated heterocycles. The summed E-state index contributed by atoms with van der Waals surface area (Å²) in [7, 11) is 2.16. The molecule has 0 spiro atoms. The summed E-state index contributed by atoms with van der Waals surface area (Å²) in [6.07, 6.45) is 6.71. The number of aromatic nitrogens is 7. The van der Waals surface area contributed by atoms with Crippen LogP contribution < -0.4 is 9.47 Å². The second kappa shape index (κ2) is 15.6. The summed E-state index contributed by atoms with van der Waals surface area (Å²) in [6.45, 7) is 23.8. The summed E-state index contributed by atoms with van der Waals surface area (Å²) in [5.41, 5.74) is 5.26. The molecule has 4 aromatic heterocycles. The molecule has 0 radical (unpaired) electrons. The van der Waals surface area contributed by atoms with Gasteiger partial charge in [-0.25, -0.2) is 4.68 Å². The first-order valence-electron chi connectivity index (χ1n) is 17.2. The Morgan fingerprint density at radius 2 is 1.94 bits per heavy atom. The van der Waals surface area contributed by atoms with E-state index in [4.69, 9.17) is 38.9 Å². The summed E-state index contributed by atoms with van der Waals surface area (Å²) in [5, 5.41) is 15.5. The van der Waals surface area contributed by atoms with Gasteiger partial charge in [-0.2, -0.15) is 10.2 Å². The van der Waals surface area contributed by atoms with Crippen LogP contribution in [-0.2, 0) is 29.3 Å². The number of likely N-dealkylation sites (N-methyl/N-ethyl adjacent to an activating group) is 1. The Labute approximate surface area is 305 Å². The number of hydrogen-bond donors (Lipinski definition) is 0. The average molecular weight is 805 g/mol. The van der Waals surface area contributed by atoms with Gasteiger partial charge in [0.15, 0.2) is 20.3 Å². The first-order valence-corrected chi connectivity index (χ1v) is 21.2. The molecule has 0 saturated carbocycles. The molecular formula is C35H53IN8O4Si. The molecule has 0 amide bonds. The van der Waals surface area contributed by atoms with Gasteiger partial charge in [-0.3, -0.25) is 19.2 Å². The number of fused-ring (bicyclic) bond motifs is 1. The van der Waals surface area contributed by atoms with Crippen molar-refractivity contribution in [1.82, 2.24) is 39.2 Å². The summed E-state index contributed by atoms with van der Waals surface area (Å²) in [4.78, 5) is 7.12. The third-order valence-electron chi connectivity index (χ3n) is 9.61. The predicted molar refractivity (Wildman–Crippen MR) is 204 cm³/mol. The second-order valence-electron chi connectivity index (χ2n) is 14.2. The fourth-order valence-electron chi connectivity index (χ4n) is 5.83. The zero-order chi connectivity index (χ0) is 35.5. The minimum absolute atomic E-state index is 0.0873. The molecule has 0 aromatic carbocycles. The number of pyridine rings is 1. The second-order valence-corrected chi connectivity index (χ2v) is 20.1. The monoisotopic (exact) mass is 804 g/mol. The topological polar surface area (TPSA) is 107 Å². The zero-order valence-electron chi connectivity index (χ0n) is 30.7. The van der Waals surface area contributed by atoms with Crippen LogP contribution in [0, 0.1) is 10.5 Å². The van der Waals surface area contributed by atoms with Crippen molar-refractivity contribution in [2.75, 3.05) is 40.0 Å². The van der Waals surface area contributed by atoms with Gasteiger partial charge in [0.25, 0.3) is 0 Å². The smallest absolute Gasteiger partial charge is 0.246 e. The van der Waals surface area contributed by atoms with E-state index in [2.05, 4.69) is 81.0 Å². The SMILES string of the molecule is C=Cc1nn(C2CCCCO2)c2cnc(-c3c(OCCN(C)Cc4c(I)c(OCC)nn4CCO[Si](C)(C)C(C)(C)C)c(C)nn3C)cc12. The molecule has 14 heteroatoms. The molecule has 1 fully saturated rings. The quantitative estimate of drug-likeness (QED) is 0.0911. The van der Waals surface area contributed by atoms with Crippen LogP contribution in [0.15, 0.2) is 18.8 Å². The predicted octanol–water partition coefficient (Wildman–Crippen LogP) is 7.21. The van der Waals surface area contributed by atoms with Gasteiger partial charge in [-0.15, -0.1) is 5.10 Å². The molecule has 0 N–H and O–H groups in total. The molecule has 12 nitrogen and oxygen atoms in total. The minimum atomic E-state index is -1.86. The van der Waals surface area contributed by atoms with Crippen LogP contribution in [0.5, 0.6) is 11.6 Å². The lowest BCUT2D eigenvalue weighted by atomic mass is 10.1. The Bertz CT molecular complexity index is 1750. The highest BCUT2D eigenvalue weighted by Crippen LogP contribution is 2.37. The Morgan fingerprint density at radius 3 is 2.61 bits per heavy atom. The Morgan fingerprint density at radius 1 is 1.16 bits per heavy atom. The fraction of sp³-hybridized carbons (Fsp3) is 0.600. The molecule has 5 heterocycles. The standard InChI is InChI=1S/C35H53IN8O4Si/c1-11-26-25-21-27(37-22-28(25)44(39-26)30-15-13-14-18-46-30)32-33(24(3)38-42(32)8)47-19-16-41(7)23-29-31(36)34(45-12-2)40-43(29)17-20-48-49(9,10)35(4,5)6/h11,21-22,30H,1,12-20,23H2,2-10H3. The van der Waals surface area contributed by atoms with Crippen LogP contribution in [0.4, 0.5) is 0 Å². The summed E-state index contributed by atoms with van der Waals surface area (Å²) >= 11 is 2.35. The average Bonchev–Trinajstić information content (AvgIpc) is 3.67.